The van der Waals surface area contributed by atoms with Crippen molar-refractivity contribution < 1.29 is 9.53 Å². The maximum atomic E-state index is 12.5. The summed E-state index contributed by atoms with van der Waals surface area (Å²) in [6.07, 6.45) is 0. The third-order valence-electron chi connectivity index (χ3n) is 4.18. The van der Waals surface area contributed by atoms with Crippen molar-refractivity contribution in [3.05, 3.63) is 64.6 Å². The van der Waals surface area contributed by atoms with Crippen molar-refractivity contribution in [3.63, 3.8) is 0 Å². The number of para-hydroxylation sites is 1. The van der Waals surface area contributed by atoms with E-state index >= 15 is 0 Å². The van der Waals surface area contributed by atoms with Gasteiger partial charge in [-0.2, -0.15) is 0 Å². The molecule has 0 bridgehead atoms. The molecule has 1 aliphatic rings. The van der Waals surface area contributed by atoms with Gasteiger partial charge in [-0.05, 0) is 40.2 Å². The van der Waals surface area contributed by atoms with Gasteiger partial charge in [-0.15, -0.1) is 0 Å². The summed E-state index contributed by atoms with van der Waals surface area (Å²) >= 11 is 3.51. The normalized spacial score (nSPS) is 15.4. The van der Waals surface area contributed by atoms with Crippen molar-refractivity contribution in [2.75, 3.05) is 44.7 Å². The highest BCUT2D eigenvalue weighted by atomic mass is 79.9. The molecule has 2 aromatic carbocycles. The fraction of sp³-hybridized carbons (Fsp3) is 0.300. The van der Waals surface area contributed by atoms with Crippen LogP contribution in [0.1, 0.15) is 10.4 Å². The van der Waals surface area contributed by atoms with Crippen molar-refractivity contribution >= 4 is 33.5 Å². The molecule has 0 saturated carbocycles. The smallest absolute Gasteiger partial charge is 0.257 e. The van der Waals surface area contributed by atoms with Crippen LogP contribution in [0.4, 0.5) is 5.69 Å². The number of nitrogens with zero attached hydrogens (tertiary/aromatic N) is 2. The van der Waals surface area contributed by atoms with Gasteiger partial charge in [-0.25, -0.2) is 0 Å². The number of rotatable bonds is 5. The number of halogens is 1. The van der Waals surface area contributed by atoms with E-state index in [1.807, 2.05) is 42.5 Å². The molecule has 3 rings (SSSR count). The Morgan fingerprint density at radius 3 is 2.52 bits per heavy atom. The highest BCUT2D eigenvalue weighted by Gasteiger charge is 2.12. The van der Waals surface area contributed by atoms with E-state index in [2.05, 4.69) is 36.5 Å². The number of carbonyl (C=O) groups excluding carboxylic acids is 1. The Labute approximate surface area is 167 Å². The summed E-state index contributed by atoms with van der Waals surface area (Å²) in [7, 11) is 0. The number of guanidine groups is 1. The number of benzene rings is 2. The first kappa shape index (κ1) is 19.5. The molecule has 1 aliphatic heterocycles. The quantitative estimate of drug-likeness (QED) is 0.565. The minimum atomic E-state index is -0.194. The van der Waals surface area contributed by atoms with Crippen LogP contribution >= 0.6 is 15.9 Å². The Bertz CT molecular complexity index is 777. The Hall–Kier alpha value is -2.22. The van der Waals surface area contributed by atoms with Gasteiger partial charge < -0.3 is 10.1 Å². The number of hydrogen-bond donors (Lipinski definition) is 2. The van der Waals surface area contributed by atoms with E-state index in [1.165, 1.54) is 0 Å². The van der Waals surface area contributed by atoms with Crippen molar-refractivity contribution in [2.24, 2.45) is 4.99 Å². The summed E-state index contributed by atoms with van der Waals surface area (Å²) in [4.78, 5) is 19.4. The third kappa shape index (κ3) is 6.16. The topological polar surface area (TPSA) is 66.0 Å². The molecule has 1 saturated heterocycles. The minimum absolute atomic E-state index is 0.194. The summed E-state index contributed by atoms with van der Waals surface area (Å²) in [5.74, 6) is 0.240. The zero-order valence-electron chi connectivity index (χ0n) is 15.0. The zero-order chi connectivity index (χ0) is 18.9. The standard InChI is InChI=1S/C20H23BrN4O2/c21-17-8-4-5-9-18(17)23-20(22-10-11-25-12-14-27-15-13-25)24-19(26)16-6-2-1-3-7-16/h1-9H,10-15H2,(H2,22,23,24,26). The highest BCUT2D eigenvalue weighted by Crippen LogP contribution is 2.21. The molecular weight excluding hydrogens is 408 g/mol. The van der Waals surface area contributed by atoms with Crippen molar-refractivity contribution in [1.82, 2.24) is 10.2 Å². The largest absolute Gasteiger partial charge is 0.379 e. The average molecular weight is 431 g/mol. The van der Waals surface area contributed by atoms with Gasteiger partial charge in [0.2, 0.25) is 5.96 Å². The van der Waals surface area contributed by atoms with E-state index < -0.39 is 0 Å². The Morgan fingerprint density at radius 1 is 1.07 bits per heavy atom. The van der Waals surface area contributed by atoms with Gasteiger partial charge in [0.25, 0.3) is 5.91 Å². The SMILES string of the molecule is O=C(NC(=NCCN1CCOCC1)Nc1ccccc1Br)c1ccccc1. The van der Waals surface area contributed by atoms with Gasteiger partial charge in [0.1, 0.15) is 0 Å². The monoisotopic (exact) mass is 430 g/mol. The summed E-state index contributed by atoms with van der Waals surface area (Å²) in [5, 5.41) is 6.10. The third-order valence-corrected chi connectivity index (χ3v) is 4.88. The van der Waals surface area contributed by atoms with E-state index in [-0.39, 0.29) is 5.91 Å². The molecule has 1 fully saturated rings. The lowest BCUT2D eigenvalue weighted by Crippen LogP contribution is -2.39. The fourth-order valence-electron chi connectivity index (χ4n) is 2.70. The van der Waals surface area contributed by atoms with E-state index in [0.717, 1.165) is 43.0 Å². The van der Waals surface area contributed by atoms with Crippen LogP contribution in [0, 0.1) is 0 Å². The van der Waals surface area contributed by atoms with Crippen LogP contribution in [0.15, 0.2) is 64.1 Å². The molecule has 6 nitrogen and oxygen atoms in total. The highest BCUT2D eigenvalue weighted by molar-refractivity contribution is 9.10. The lowest BCUT2D eigenvalue weighted by atomic mass is 10.2. The van der Waals surface area contributed by atoms with Gasteiger partial charge >= 0.3 is 0 Å². The lowest BCUT2D eigenvalue weighted by molar-refractivity contribution is 0.0394. The minimum Gasteiger partial charge on any atom is -0.379 e. The number of aliphatic imine (C=N–C) groups is 1. The van der Waals surface area contributed by atoms with Crippen molar-refractivity contribution in [3.8, 4) is 0 Å². The van der Waals surface area contributed by atoms with E-state index in [9.17, 15) is 4.79 Å². The van der Waals surface area contributed by atoms with Crippen LogP contribution in [0.5, 0.6) is 0 Å². The van der Waals surface area contributed by atoms with Gasteiger partial charge in [-0.3, -0.25) is 20.0 Å². The van der Waals surface area contributed by atoms with Gasteiger partial charge in [0.05, 0.1) is 25.4 Å². The molecule has 142 valence electrons. The first-order valence-corrected chi connectivity index (χ1v) is 9.74. The molecule has 2 N–H and O–H groups in total. The van der Waals surface area contributed by atoms with Crippen LogP contribution in [0.2, 0.25) is 0 Å². The number of carbonyl (C=O) groups is 1. The summed E-state index contributed by atoms with van der Waals surface area (Å²) < 4.78 is 6.27. The molecule has 0 aromatic heterocycles. The van der Waals surface area contributed by atoms with Gasteiger partial charge in [-0.1, -0.05) is 30.3 Å². The number of amides is 1. The second kappa shape index (κ2) is 10.2. The molecule has 0 unspecified atom stereocenters. The zero-order valence-corrected chi connectivity index (χ0v) is 16.6. The van der Waals surface area contributed by atoms with E-state index in [1.54, 1.807) is 12.1 Å². The lowest BCUT2D eigenvalue weighted by Gasteiger charge is -2.25. The number of ether oxygens (including phenoxy) is 1. The predicted octanol–water partition coefficient (Wildman–Crippen LogP) is 2.98. The van der Waals surface area contributed by atoms with Crippen LogP contribution in [0.25, 0.3) is 0 Å². The van der Waals surface area contributed by atoms with Gasteiger partial charge in [0.15, 0.2) is 0 Å². The summed E-state index contributed by atoms with van der Waals surface area (Å²) in [6.45, 7) is 4.76. The van der Waals surface area contributed by atoms with Crippen molar-refractivity contribution in [2.45, 2.75) is 0 Å². The molecule has 1 amide bonds. The van der Waals surface area contributed by atoms with E-state index in [4.69, 9.17) is 4.74 Å². The molecule has 7 heteroatoms. The molecule has 2 aromatic rings. The predicted molar refractivity (Wildman–Crippen MR) is 111 cm³/mol. The van der Waals surface area contributed by atoms with Gasteiger partial charge in [0, 0.05) is 29.7 Å². The number of nitrogens with one attached hydrogen (secondary N) is 2. The molecule has 0 atom stereocenters. The first-order valence-electron chi connectivity index (χ1n) is 8.95. The van der Waals surface area contributed by atoms with Crippen LogP contribution in [0.3, 0.4) is 0 Å². The Balaban J connectivity index is 1.68. The average Bonchev–Trinajstić information content (AvgIpc) is 2.71. The first-order chi connectivity index (χ1) is 13.2. The number of hydrogen-bond acceptors (Lipinski definition) is 4. The maximum Gasteiger partial charge on any atom is 0.257 e. The summed E-state index contributed by atoms with van der Waals surface area (Å²) in [5.41, 5.74) is 1.43. The molecular formula is C20H23BrN4O2. The molecule has 1 heterocycles. The summed E-state index contributed by atoms with van der Waals surface area (Å²) in [6, 6.07) is 16.8. The van der Waals surface area contributed by atoms with Crippen LogP contribution in [-0.2, 0) is 4.74 Å². The van der Waals surface area contributed by atoms with E-state index in [0.29, 0.717) is 18.1 Å². The van der Waals surface area contributed by atoms with Crippen LogP contribution in [-0.4, -0.2) is 56.2 Å². The Kier molecular flexibility index (Phi) is 7.38. The second-order valence-electron chi connectivity index (χ2n) is 6.11. The molecule has 27 heavy (non-hydrogen) atoms. The molecule has 0 aliphatic carbocycles. The Morgan fingerprint density at radius 2 is 1.78 bits per heavy atom. The number of morpholine rings is 1. The fourth-order valence-corrected chi connectivity index (χ4v) is 3.08. The molecule has 0 radical (unpaired) electrons. The van der Waals surface area contributed by atoms with Crippen LogP contribution < -0.4 is 10.6 Å². The second-order valence-corrected chi connectivity index (χ2v) is 6.96. The van der Waals surface area contributed by atoms with Crippen molar-refractivity contribution in [1.29, 1.82) is 0 Å². The number of anilines is 1. The maximum absolute atomic E-state index is 12.5. The molecule has 0 spiro atoms.